The Hall–Kier alpha value is -3.29. The Labute approximate surface area is 225 Å². The highest BCUT2D eigenvalue weighted by Gasteiger charge is 2.55. The maximum atomic E-state index is 13.3. The summed E-state index contributed by atoms with van der Waals surface area (Å²) in [4.78, 5) is 61.9. The normalized spacial score (nSPS) is 24.2. The summed E-state index contributed by atoms with van der Waals surface area (Å²) in [5, 5.41) is 0. The quantitative estimate of drug-likeness (QED) is 0.202. The van der Waals surface area contributed by atoms with Crippen LogP contribution in [0.1, 0.15) is 66.5 Å². The minimum atomic E-state index is -1.09. The average molecular weight is 553 g/mol. The highest BCUT2D eigenvalue weighted by Crippen LogP contribution is 2.43. The maximum absolute atomic E-state index is 13.3. The summed E-state index contributed by atoms with van der Waals surface area (Å²) >= 11 is 0. The molecular weight excluding hydrogens is 516 g/mol. The van der Waals surface area contributed by atoms with E-state index in [4.69, 9.17) is 23.7 Å². The Balaban J connectivity index is 1.79. The molecular formula is C26H36N2O11. The van der Waals surface area contributed by atoms with Crippen LogP contribution in [0.5, 0.6) is 0 Å². The van der Waals surface area contributed by atoms with E-state index in [1.54, 1.807) is 34.6 Å². The molecule has 0 aliphatic carbocycles. The number of rotatable bonds is 8. The lowest BCUT2D eigenvalue weighted by Gasteiger charge is -2.25. The number of hydrogen-bond donors (Lipinski definition) is 0. The lowest BCUT2D eigenvalue weighted by atomic mass is 10.0. The molecule has 1 aromatic heterocycles. The predicted octanol–water partition coefficient (Wildman–Crippen LogP) is 2.04. The minimum absolute atomic E-state index is 0.185. The van der Waals surface area contributed by atoms with Gasteiger partial charge in [0.25, 0.3) is 5.56 Å². The Bertz CT molecular complexity index is 1240. The zero-order valence-corrected chi connectivity index (χ0v) is 23.3. The zero-order valence-electron chi connectivity index (χ0n) is 23.3. The molecule has 0 amide bonds. The van der Waals surface area contributed by atoms with Gasteiger partial charge < -0.3 is 28.4 Å². The molecule has 0 bridgehead atoms. The van der Waals surface area contributed by atoms with Gasteiger partial charge in [0.2, 0.25) is 0 Å². The number of ether oxygens (including phenoxy) is 6. The molecule has 1 aromatic rings. The Kier molecular flexibility index (Phi) is 9.19. The van der Waals surface area contributed by atoms with Gasteiger partial charge in [0.05, 0.1) is 20.3 Å². The first-order valence-electron chi connectivity index (χ1n) is 12.6. The fraction of sp³-hybridized carbons (Fsp3) is 0.654. The molecule has 0 unspecified atom stereocenters. The number of fused-ring (bicyclic) bond motifs is 1. The molecule has 216 valence electrons. The fourth-order valence-electron chi connectivity index (χ4n) is 4.50. The molecule has 0 N–H and O–H groups in total. The Morgan fingerprint density at radius 1 is 1.05 bits per heavy atom. The third kappa shape index (κ3) is 7.22. The van der Waals surface area contributed by atoms with Crippen molar-refractivity contribution in [3.8, 4) is 0 Å². The van der Waals surface area contributed by atoms with Crippen molar-refractivity contribution in [1.82, 2.24) is 9.13 Å². The molecule has 0 saturated carbocycles. The van der Waals surface area contributed by atoms with Gasteiger partial charge in [0.1, 0.15) is 17.8 Å². The van der Waals surface area contributed by atoms with Crippen LogP contribution >= 0.6 is 0 Å². The molecule has 4 atom stereocenters. The number of esters is 2. The maximum Gasteiger partial charge on any atom is 0.425 e. The third-order valence-corrected chi connectivity index (χ3v) is 6.11. The first-order valence-corrected chi connectivity index (χ1v) is 12.6. The van der Waals surface area contributed by atoms with Crippen LogP contribution < -0.4 is 11.2 Å². The van der Waals surface area contributed by atoms with Crippen molar-refractivity contribution in [1.29, 1.82) is 0 Å². The zero-order chi connectivity index (χ0) is 29.1. The standard InChI is InChI=1S/C26H36N2O11/c1-25(2,3)39-24(33)28-17(29)12-13-27(23(28)32)21-20-19(37-26(4,5)38-20)16(36-21)11-9-8-10-15(22(31)35-7)14-18(30)34-6/h12-14,16,19-21H,8-11H2,1-7H3/b15-14-/t16-,19-,20-,21-/m1/s1. The van der Waals surface area contributed by atoms with Gasteiger partial charge in [0.15, 0.2) is 12.0 Å². The van der Waals surface area contributed by atoms with E-state index in [0.717, 1.165) is 16.7 Å². The van der Waals surface area contributed by atoms with Gasteiger partial charge in [0, 0.05) is 23.9 Å². The van der Waals surface area contributed by atoms with Gasteiger partial charge >= 0.3 is 23.7 Å². The van der Waals surface area contributed by atoms with Crippen LogP contribution in [0.15, 0.2) is 33.5 Å². The molecule has 3 heterocycles. The van der Waals surface area contributed by atoms with Crippen LogP contribution in [0.3, 0.4) is 0 Å². The largest absolute Gasteiger partial charge is 0.466 e. The van der Waals surface area contributed by atoms with Crippen molar-refractivity contribution in [3.05, 3.63) is 44.8 Å². The number of hydrogen-bond acceptors (Lipinski definition) is 11. The van der Waals surface area contributed by atoms with Gasteiger partial charge in [-0.15, -0.1) is 0 Å². The second kappa shape index (κ2) is 11.8. The molecule has 0 radical (unpaired) electrons. The van der Waals surface area contributed by atoms with Gasteiger partial charge in [-0.2, -0.15) is 4.57 Å². The molecule has 2 aliphatic heterocycles. The summed E-state index contributed by atoms with van der Waals surface area (Å²) in [7, 11) is 2.45. The number of nitrogens with zero attached hydrogens (tertiary/aromatic N) is 2. The van der Waals surface area contributed by atoms with Crippen LogP contribution in [0.4, 0.5) is 4.79 Å². The minimum Gasteiger partial charge on any atom is -0.466 e. The van der Waals surface area contributed by atoms with Gasteiger partial charge in [-0.25, -0.2) is 19.2 Å². The molecule has 2 fully saturated rings. The molecule has 0 aromatic carbocycles. The number of aromatic nitrogens is 2. The van der Waals surface area contributed by atoms with E-state index in [1.807, 2.05) is 0 Å². The molecule has 39 heavy (non-hydrogen) atoms. The van der Waals surface area contributed by atoms with E-state index < -0.39 is 65.2 Å². The first kappa shape index (κ1) is 30.3. The summed E-state index contributed by atoms with van der Waals surface area (Å²) in [6.07, 6.45) is 0.399. The van der Waals surface area contributed by atoms with E-state index >= 15 is 0 Å². The fourth-order valence-corrected chi connectivity index (χ4v) is 4.50. The van der Waals surface area contributed by atoms with Crippen molar-refractivity contribution in [3.63, 3.8) is 0 Å². The highest BCUT2D eigenvalue weighted by molar-refractivity contribution is 5.96. The number of carbonyl (C=O) groups excluding carboxylic acids is 3. The van der Waals surface area contributed by atoms with Crippen LogP contribution in [0.2, 0.25) is 0 Å². The Morgan fingerprint density at radius 3 is 2.33 bits per heavy atom. The molecule has 0 spiro atoms. The second-order valence-electron chi connectivity index (χ2n) is 10.7. The lowest BCUT2D eigenvalue weighted by Crippen LogP contribution is -2.47. The monoisotopic (exact) mass is 552 g/mol. The molecule has 13 nitrogen and oxygen atoms in total. The van der Waals surface area contributed by atoms with E-state index in [2.05, 4.69) is 4.74 Å². The summed E-state index contributed by atoms with van der Waals surface area (Å²) in [6, 6.07) is 1.08. The summed E-state index contributed by atoms with van der Waals surface area (Å²) < 4.78 is 34.4. The first-order chi connectivity index (χ1) is 18.2. The average Bonchev–Trinajstić information content (AvgIpc) is 3.32. The SMILES string of the molecule is COC(=O)/C=C(/CCCC[C@H]1O[C@@H](n2ccc(=O)n(C(=O)OC(C)(C)C)c2=O)[C@@H]2OC(C)(C)O[C@@H]21)C(=O)OC. The second-order valence-corrected chi connectivity index (χ2v) is 10.7. The highest BCUT2D eigenvalue weighted by atomic mass is 16.8. The third-order valence-electron chi connectivity index (χ3n) is 6.11. The van der Waals surface area contributed by atoms with Crippen LogP contribution in [0, 0.1) is 0 Å². The van der Waals surface area contributed by atoms with Gasteiger partial charge in [-0.05, 0) is 53.9 Å². The summed E-state index contributed by atoms with van der Waals surface area (Å²) in [5.41, 5.74) is -2.49. The van der Waals surface area contributed by atoms with E-state index in [9.17, 15) is 24.0 Å². The van der Waals surface area contributed by atoms with Crippen molar-refractivity contribution in [2.75, 3.05) is 14.2 Å². The Morgan fingerprint density at radius 2 is 1.72 bits per heavy atom. The molecule has 2 saturated heterocycles. The summed E-state index contributed by atoms with van der Waals surface area (Å²) in [5.74, 6) is -2.23. The van der Waals surface area contributed by atoms with Crippen molar-refractivity contribution >= 4 is 18.0 Å². The molecule has 3 rings (SSSR count). The smallest absolute Gasteiger partial charge is 0.425 e. The van der Waals surface area contributed by atoms with E-state index in [1.165, 1.54) is 20.4 Å². The summed E-state index contributed by atoms with van der Waals surface area (Å²) in [6.45, 7) is 8.35. The predicted molar refractivity (Wildman–Crippen MR) is 135 cm³/mol. The number of unbranched alkanes of at least 4 members (excludes halogenated alkanes) is 1. The van der Waals surface area contributed by atoms with Crippen LogP contribution in [0.25, 0.3) is 0 Å². The number of carbonyl (C=O) groups is 3. The van der Waals surface area contributed by atoms with E-state index in [0.29, 0.717) is 23.8 Å². The van der Waals surface area contributed by atoms with Crippen molar-refractivity contribution in [2.24, 2.45) is 0 Å². The van der Waals surface area contributed by atoms with Crippen molar-refractivity contribution in [2.45, 2.75) is 96.2 Å². The number of methoxy groups -OCH3 is 2. The van der Waals surface area contributed by atoms with Crippen LogP contribution in [-0.2, 0) is 38.0 Å². The lowest BCUT2D eigenvalue weighted by molar-refractivity contribution is -0.198. The van der Waals surface area contributed by atoms with Crippen LogP contribution in [-0.4, -0.2) is 71.1 Å². The van der Waals surface area contributed by atoms with Gasteiger partial charge in [-0.1, -0.05) is 6.42 Å². The molecule has 13 heteroatoms. The topological polar surface area (TPSA) is 151 Å². The molecule has 2 aliphatic rings. The van der Waals surface area contributed by atoms with E-state index in [-0.39, 0.29) is 12.0 Å². The van der Waals surface area contributed by atoms with Gasteiger partial charge in [-0.3, -0.25) is 9.36 Å². The van der Waals surface area contributed by atoms with Crippen molar-refractivity contribution < 1.29 is 42.8 Å².